The summed E-state index contributed by atoms with van der Waals surface area (Å²) in [5.41, 5.74) is 6.30. The SMILES string of the molecule is COc1cc(NCC2C3CCC(C3)C2N)nn1C. The first-order valence-corrected chi connectivity index (χ1v) is 6.76. The van der Waals surface area contributed by atoms with Crippen LogP contribution in [-0.2, 0) is 7.05 Å². The van der Waals surface area contributed by atoms with Gasteiger partial charge in [0.15, 0.2) is 5.82 Å². The molecule has 0 radical (unpaired) electrons. The van der Waals surface area contributed by atoms with Gasteiger partial charge < -0.3 is 15.8 Å². The van der Waals surface area contributed by atoms with Crippen LogP contribution in [0.3, 0.4) is 0 Å². The molecule has 0 amide bonds. The lowest BCUT2D eigenvalue weighted by Gasteiger charge is -2.28. The molecule has 2 aliphatic carbocycles. The number of aryl methyl sites for hydroxylation is 1. The maximum Gasteiger partial charge on any atom is 0.213 e. The zero-order valence-electron chi connectivity index (χ0n) is 11.1. The number of hydrogen-bond acceptors (Lipinski definition) is 4. The minimum absolute atomic E-state index is 0.377. The largest absolute Gasteiger partial charge is 0.481 e. The molecule has 3 rings (SSSR count). The molecule has 2 aliphatic rings. The molecular weight excluding hydrogens is 228 g/mol. The molecule has 3 N–H and O–H groups in total. The number of nitrogens with two attached hydrogens (primary N) is 1. The van der Waals surface area contributed by atoms with E-state index in [0.29, 0.717) is 12.0 Å². The van der Waals surface area contributed by atoms with Gasteiger partial charge in [0.25, 0.3) is 0 Å². The molecule has 1 aromatic heterocycles. The molecular formula is C13H22N4O. The van der Waals surface area contributed by atoms with Crippen LogP contribution in [0.1, 0.15) is 19.3 Å². The van der Waals surface area contributed by atoms with Gasteiger partial charge in [-0.05, 0) is 37.0 Å². The Bertz CT molecular complexity index is 429. The van der Waals surface area contributed by atoms with E-state index in [0.717, 1.165) is 30.1 Å². The average Bonchev–Trinajstić information content (AvgIpc) is 3.02. The molecule has 18 heavy (non-hydrogen) atoms. The Morgan fingerprint density at radius 2 is 2.28 bits per heavy atom. The summed E-state index contributed by atoms with van der Waals surface area (Å²) in [5.74, 6) is 3.85. The first kappa shape index (κ1) is 11.8. The Morgan fingerprint density at radius 1 is 1.50 bits per heavy atom. The predicted octanol–water partition coefficient (Wildman–Crippen LogP) is 1.21. The van der Waals surface area contributed by atoms with E-state index in [-0.39, 0.29) is 0 Å². The van der Waals surface area contributed by atoms with Crippen molar-refractivity contribution in [3.63, 3.8) is 0 Å². The number of rotatable bonds is 4. The molecule has 2 fully saturated rings. The fraction of sp³-hybridized carbons (Fsp3) is 0.769. The van der Waals surface area contributed by atoms with Crippen molar-refractivity contribution in [2.24, 2.45) is 30.5 Å². The highest BCUT2D eigenvalue weighted by Gasteiger charge is 2.45. The van der Waals surface area contributed by atoms with Crippen molar-refractivity contribution >= 4 is 5.82 Å². The molecule has 0 aromatic carbocycles. The maximum atomic E-state index is 6.30. The summed E-state index contributed by atoms with van der Waals surface area (Å²) in [6, 6.07) is 2.31. The van der Waals surface area contributed by atoms with Gasteiger partial charge in [0, 0.05) is 25.7 Å². The van der Waals surface area contributed by atoms with E-state index in [2.05, 4.69) is 10.4 Å². The number of nitrogens with zero attached hydrogens (tertiary/aromatic N) is 2. The minimum atomic E-state index is 0.377. The van der Waals surface area contributed by atoms with Crippen LogP contribution in [0.4, 0.5) is 5.82 Å². The zero-order valence-corrected chi connectivity index (χ0v) is 11.1. The lowest BCUT2D eigenvalue weighted by molar-refractivity contribution is 0.302. The topological polar surface area (TPSA) is 65.1 Å². The van der Waals surface area contributed by atoms with Crippen LogP contribution in [0.5, 0.6) is 5.88 Å². The van der Waals surface area contributed by atoms with Gasteiger partial charge in [-0.25, -0.2) is 4.68 Å². The van der Waals surface area contributed by atoms with Crippen molar-refractivity contribution in [1.29, 1.82) is 0 Å². The van der Waals surface area contributed by atoms with Crippen LogP contribution >= 0.6 is 0 Å². The van der Waals surface area contributed by atoms with Crippen molar-refractivity contribution in [3.05, 3.63) is 6.07 Å². The van der Waals surface area contributed by atoms with E-state index < -0.39 is 0 Å². The average molecular weight is 250 g/mol. The summed E-state index contributed by atoms with van der Waals surface area (Å²) in [4.78, 5) is 0. The Balaban J connectivity index is 1.61. The van der Waals surface area contributed by atoms with E-state index in [9.17, 15) is 0 Å². The van der Waals surface area contributed by atoms with Crippen LogP contribution in [-0.4, -0.2) is 29.5 Å². The standard InChI is InChI=1S/C13H22N4O/c1-17-12(18-2)6-11(16-17)15-7-10-8-3-4-9(5-8)13(10)14/h6,8-10,13H,3-5,7,14H2,1-2H3,(H,15,16). The number of aromatic nitrogens is 2. The quantitative estimate of drug-likeness (QED) is 0.843. The summed E-state index contributed by atoms with van der Waals surface area (Å²) in [6.07, 6.45) is 4.02. The van der Waals surface area contributed by atoms with Gasteiger partial charge in [0.05, 0.1) is 7.11 Å². The normalized spacial score (nSPS) is 33.9. The second-order valence-corrected chi connectivity index (χ2v) is 5.65. The van der Waals surface area contributed by atoms with Gasteiger partial charge in [0.2, 0.25) is 5.88 Å². The fourth-order valence-electron chi connectivity index (χ4n) is 3.71. The van der Waals surface area contributed by atoms with Crippen molar-refractivity contribution in [1.82, 2.24) is 9.78 Å². The molecule has 0 aliphatic heterocycles. The van der Waals surface area contributed by atoms with Crippen molar-refractivity contribution in [3.8, 4) is 5.88 Å². The molecule has 1 heterocycles. The first-order valence-electron chi connectivity index (χ1n) is 6.76. The molecule has 100 valence electrons. The minimum Gasteiger partial charge on any atom is -0.481 e. The van der Waals surface area contributed by atoms with Crippen LogP contribution < -0.4 is 15.8 Å². The van der Waals surface area contributed by atoms with Gasteiger partial charge in [-0.3, -0.25) is 0 Å². The Hall–Kier alpha value is -1.23. The number of anilines is 1. The highest BCUT2D eigenvalue weighted by atomic mass is 16.5. The summed E-state index contributed by atoms with van der Waals surface area (Å²) in [7, 11) is 3.54. The Kier molecular flexibility index (Phi) is 2.93. The molecule has 2 bridgehead atoms. The third-order valence-electron chi connectivity index (χ3n) is 4.72. The van der Waals surface area contributed by atoms with E-state index in [1.165, 1.54) is 19.3 Å². The van der Waals surface area contributed by atoms with Gasteiger partial charge >= 0.3 is 0 Å². The van der Waals surface area contributed by atoms with E-state index in [1.807, 2.05) is 13.1 Å². The predicted molar refractivity (Wildman–Crippen MR) is 70.5 cm³/mol. The van der Waals surface area contributed by atoms with Crippen molar-refractivity contribution < 1.29 is 4.74 Å². The molecule has 1 aromatic rings. The molecule has 0 saturated heterocycles. The number of methoxy groups -OCH3 is 1. The molecule has 0 spiro atoms. The van der Waals surface area contributed by atoms with Gasteiger partial charge in [-0.15, -0.1) is 0 Å². The van der Waals surface area contributed by atoms with Crippen LogP contribution in [0.2, 0.25) is 0 Å². The Morgan fingerprint density at radius 3 is 2.89 bits per heavy atom. The first-order chi connectivity index (χ1) is 8.69. The molecule has 4 unspecified atom stereocenters. The number of nitrogens with one attached hydrogen (secondary N) is 1. The third kappa shape index (κ3) is 1.86. The van der Waals surface area contributed by atoms with Crippen LogP contribution in [0.15, 0.2) is 6.07 Å². The fourth-order valence-corrected chi connectivity index (χ4v) is 3.71. The number of hydrogen-bond donors (Lipinski definition) is 2. The smallest absolute Gasteiger partial charge is 0.213 e. The van der Waals surface area contributed by atoms with Gasteiger partial charge in [0.1, 0.15) is 0 Å². The van der Waals surface area contributed by atoms with Crippen molar-refractivity contribution in [2.75, 3.05) is 19.0 Å². The maximum absolute atomic E-state index is 6.30. The van der Waals surface area contributed by atoms with E-state index in [1.54, 1.807) is 11.8 Å². The lowest BCUT2D eigenvalue weighted by Crippen LogP contribution is -2.39. The zero-order chi connectivity index (χ0) is 12.7. The monoisotopic (exact) mass is 250 g/mol. The van der Waals surface area contributed by atoms with Crippen LogP contribution in [0, 0.1) is 17.8 Å². The summed E-state index contributed by atoms with van der Waals surface area (Å²) < 4.78 is 6.94. The second-order valence-electron chi connectivity index (χ2n) is 5.65. The molecule has 5 heteroatoms. The van der Waals surface area contributed by atoms with Gasteiger partial charge in [-0.2, -0.15) is 5.10 Å². The highest BCUT2D eigenvalue weighted by Crippen LogP contribution is 2.47. The molecule has 5 nitrogen and oxygen atoms in total. The summed E-state index contributed by atoms with van der Waals surface area (Å²) in [5, 5.41) is 7.77. The summed E-state index contributed by atoms with van der Waals surface area (Å²) in [6.45, 7) is 0.933. The molecule has 4 atom stereocenters. The second kappa shape index (κ2) is 4.46. The summed E-state index contributed by atoms with van der Waals surface area (Å²) >= 11 is 0. The molecule has 2 saturated carbocycles. The number of fused-ring (bicyclic) bond motifs is 2. The van der Waals surface area contributed by atoms with E-state index >= 15 is 0 Å². The van der Waals surface area contributed by atoms with Crippen molar-refractivity contribution in [2.45, 2.75) is 25.3 Å². The highest BCUT2D eigenvalue weighted by molar-refractivity contribution is 5.38. The number of ether oxygens (including phenoxy) is 1. The van der Waals surface area contributed by atoms with E-state index in [4.69, 9.17) is 10.5 Å². The lowest BCUT2D eigenvalue weighted by atomic mass is 9.85. The van der Waals surface area contributed by atoms with Crippen LogP contribution in [0.25, 0.3) is 0 Å². The Labute approximate surface area is 108 Å². The third-order valence-corrected chi connectivity index (χ3v) is 4.72. The van der Waals surface area contributed by atoms with Gasteiger partial charge in [-0.1, -0.05) is 0 Å².